The summed E-state index contributed by atoms with van der Waals surface area (Å²) in [5, 5.41) is 9.29. The van der Waals surface area contributed by atoms with E-state index in [-0.39, 0.29) is 23.2 Å². The molecule has 0 aliphatic heterocycles. The summed E-state index contributed by atoms with van der Waals surface area (Å²) >= 11 is 0. The van der Waals surface area contributed by atoms with Gasteiger partial charge in [-0.3, -0.25) is 4.79 Å². The summed E-state index contributed by atoms with van der Waals surface area (Å²) in [4.78, 5) is 18.1. The fourth-order valence-electron chi connectivity index (χ4n) is 5.12. The van der Waals surface area contributed by atoms with Crippen molar-refractivity contribution in [3.05, 3.63) is 77.0 Å². The van der Waals surface area contributed by atoms with Gasteiger partial charge in [0.05, 0.1) is 23.9 Å². The Morgan fingerprint density at radius 3 is 2.38 bits per heavy atom. The van der Waals surface area contributed by atoms with E-state index in [9.17, 15) is 18.3 Å². The lowest BCUT2D eigenvalue weighted by Crippen LogP contribution is -2.32. The summed E-state index contributed by atoms with van der Waals surface area (Å²) in [6.45, 7) is 11.5. The summed E-state index contributed by atoms with van der Waals surface area (Å²) in [6.07, 6.45) is 4.15. The summed E-state index contributed by atoms with van der Waals surface area (Å²) < 4.78 is 34.8. The van der Waals surface area contributed by atoms with E-state index in [2.05, 4.69) is 43.0 Å². The highest BCUT2D eigenvalue weighted by atomic mass is 32.2. The average Bonchev–Trinajstić information content (AvgIpc) is 3.70. The van der Waals surface area contributed by atoms with E-state index in [1.165, 1.54) is 6.26 Å². The second-order valence-electron chi connectivity index (χ2n) is 12.3. The van der Waals surface area contributed by atoms with Crippen LogP contribution >= 0.6 is 0 Å². The number of sulfone groups is 1. The van der Waals surface area contributed by atoms with E-state index in [1.54, 1.807) is 6.20 Å². The summed E-state index contributed by atoms with van der Waals surface area (Å²) in [5.74, 6) is 0.592. The largest absolute Gasteiger partial charge is 0.494 e. The van der Waals surface area contributed by atoms with Gasteiger partial charge in [0.1, 0.15) is 28.1 Å². The molecule has 4 rings (SSSR count). The first-order chi connectivity index (χ1) is 19.7. The van der Waals surface area contributed by atoms with Gasteiger partial charge in [-0.15, -0.1) is 0 Å². The molecule has 0 bridgehead atoms. The minimum absolute atomic E-state index is 0.0377. The lowest BCUT2D eigenvalue weighted by Gasteiger charge is -2.29. The SMILES string of the molecule is Cc1cc(OCCCS(C)(=O)=O)cc(C)c1-c1cccc(CN(COC(C)(C)C)c2ccc([C@@H]3C[C@H]3C(=O)O)cn2)c1. The van der Waals surface area contributed by atoms with Gasteiger partial charge in [-0.25, -0.2) is 13.4 Å². The Balaban J connectivity index is 1.52. The zero-order valence-corrected chi connectivity index (χ0v) is 26.2. The second-order valence-corrected chi connectivity index (χ2v) is 14.5. The van der Waals surface area contributed by atoms with E-state index >= 15 is 0 Å². The van der Waals surface area contributed by atoms with Gasteiger partial charge < -0.3 is 19.5 Å². The molecule has 0 saturated heterocycles. The third-order valence-corrected chi connectivity index (χ3v) is 8.34. The molecule has 0 spiro atoms. The number of anilines is 1. The van der Waals surface area contributed by atoms with Crippen LogP contribution in [0, 0.1) is 19.8 Å². The average molecular weight is 595 g/mol. The van der Waals surface area contributed by atoms with Crippen LogP contribution < -0.4 is 9.64 Å². The molecule has 1 saturated carbocycles. The first-order valence-electron chi connectivity index (χ1n) is 14.3. The van der Waals surface area contributed by atoms with E-state index in [4.69, 9.17) is 14.5 Å². The molecule has 1 N–H and O–H groups in total. The number of benzene rings is 2. The summed E-state index contributed by atoms with van der Waals surface area (Å²) in [7, 11) is -3.00. The predicted molar refractivity (Wildman–Crippen MR) is 166 cm³/mol. The Hall–Kier alpha value is -3.43. The van der Waals surface area contributed by atoms with Crippen molar-refractivity contribution in [1.29, 1.82) is 0 Å². The Morgan fingerprint density at radius 2 is 1.81 bits per heavy atom. The Kier molecular flexibility index (Phi) is 9.63. The molecule has 2 atom stereocenters. The molecule has 42 heavy (non-hydrogen) atoms. The molecule has 0 radical (unpaired) electrons. The smallest absolute Gasteiger partial charge is 0.307 e. The van der Waals surface area contributed by atoms with Gasteiger partial charge in [0.2, 0.25) is 0 Å². The van der Waals surface area contributed by atoms with Crippen LogP contribution in [-0.4, -0.2) is 55.4 Å². The van der Waals surface area contributed by atoms with Crippen molar-refractivity contribution in [2.45, 2.75) is 65.5 Å². The van der Waals surface area contributed by atoms with Crippen molar-refractivity contribution in [3.8, 4) is 16.9 Å². The van der Waals surface area contributed by atoms with Crippen molar-refractivity contribution >= 4 is 21.6 Å². The number of carbonyl (C=O) groups is 1. The van der Waals surface area contributed by atoms with Crippen molar-refractivity contribution < 1.29 is 27.8 Å². The third kappa shape index (κ3) is 8.79. The van der Waals surface area contributed by atoms with Crippen LogP contribution in [0.5, 0.6) is 5.75 Å². The van der Waals surface area contributed by atoms with Crippen molar-refractivity contribution in [2.24, 2.45) is 5.92 Å². The van der Waals surface area contributed by atoms with E-state index < -0.39 is 15.8 Å². The number of ether oxygens (including phenoxy) is 2. The monoisotopic (exact) mass is 594 g/mol. The Bertz CT molecular complexity index is 1490. The zero-order chi connectivity index (χ0) is 30.7. The molecular weight excluding hydrogens is 552 g/mol. The molecule has 8 nitrogen and oxygen atoms in total. The number of carboxylic acid groups (broad SMARTS) is 1. The van der Waals surface area contributed by atoms with Gasteiger partial charge in [0, 0.05) is 19.0 Å². The molecule has 0 unspecified atom stereocenters. The van der Waals surface area contributed by atoms with E-state index in [0.29, 0.717) is 32.7 Å². The van der Waals surface area contributed by atoms with Crippen LogP contribution in [0.4, 0.5) is 5.82 Å². The molecule has 1 aliphatic rings. The van der Waals surface area contributed by atoms with Crippen LogP contribution in [0.3, 0.4) is 0 Å². The van der Waals surface area contributed by atoms with Gasteiger partial charge in [-0.1, -0.05) is 24.3 Å². The van der Waals surface area contributed by atoms with Gasteiger partial charge in [-0.05, 0) is 111 Å². The molecule has 1 fully saturated rings. The first kappa shape index (κ1) is 31.5. The van der Waals surface area contributed by atoms with E-state index in [1.807, 2.05) is 45.0 Å². The van der Waals surface area contributed by atoms with Crippen LogP contribution in [0.25, 0.3) is 11.1 Å². The summed E-state index contributed by atoms with van der Waals surface area (Å²) in [5.41, 5.74) is 6.12. The number of carboxylic acids is 1. The third-order valence-electron chi connectivity index (χ3n) is 7.31. The number of pyridine rings is 1. The van der Waals surface area contributed by atoms with Crippen LogP contribution in [-0.2, 0) is 25.9 Å². The quantitative estimate of drug-likeness (QED) is 0.186. The molecular formula is C33H42N2O6S. The lowest BCUT2D eigenvalue weighted by molar-refractivity contribution is -0.138. The zero-order valence-electron chi connectivity index (χ0n) is 25.4. The number of aromatic nitrogens is 1. The predicted octanol–water partition coefficient (Wildman–Crippen LogP) is 6.15. The molecule has 1 aliphatic carbocycles. The summed E-state index contributed by atoms with van der Waals surface area (Å²) in [6, 6.07) is 16.4. The molecule has 9 heteroatoms. The van der Waals surface area contributed by atoms with Crippen molar-refractivity contribution in [3.63, 3.8) is 0 Å². The standard InChI is InChI=1S/C33H42N2O6S/c1-22-15-27(40-13-8-14-42(6,38)39)16-23(2)31(22)25-10-7-9-24(17-25)20-35(21-41-33(3,4)5)30-12-11-26(19-34-30)28-18-29(28)32(36)37/h7,9-12,15-17,19,28-29H,8,13-14,18,20-21H2,1-6H3,(H,36,37)/t28-,29+/m0/s1. The molecule has 2 aromatic carbocycles. The number of hydrogen-bond donors (Lipinski definition) is 1. The molecule has 226 valence electrons. The van der Waals surface area contributed by atoms with Crippen LogP contribution in [0.15, 0.2) is 54.7 Å². The fourth-order valence-corrected chi connectivity index (χ4v) is 5.77. The molecule has 3 aromatic rings. The van der Waals surface area contributed by atoms with E-state index in [0.717, 1.165) is 44.9 Å². The molecule has 1 aromatic heterocycles. The Morgan fingerprint density at radius 1 is 1.10 bits per heavy atom. The number of aliphatic carboxylic acids is 1. The number of aryl methyl sites for hydroxylation is 2. The Labute approximate surface area is 249 Å². The minimum atomic E-state index is -3.00. The fraction of sp³-hybridized carbons (Fsp3) is 0.455. The maximum atomic E-state index is 11.4. The number of rotatable bonds is 13. The number of nitrogens with zero attached hydrogens (tertiary/aromatic N) is 2. The molecule has 0 amide bonds. The van der Waals surface area contributed by atoms with Crippen LogP contribution in [0.2, 0.25) is 0 Å². The van der Waals surface area contributed by atoms with Gasteiger partial charge in [0.15, 0.2) is 0 Å². The highest BCUT2D eigenvalue weighted by Crippen LogP contribution is 2.47. The topological polar surface area (TPSA) is 106 Å². The maximum absolute atomic E-state index is 11.4. The highest BCUT2D eigenvalue weighted by Gasteiger charge is 2.44. The van der Waals surface area contributed by atoms with Gasteiger partial charge >= 0.3 is 5.97 Å². The number of hydrogen-bond acceptors (Lipinski definition) is 7. The van der Waals surface area contributed by atoms with Crippen molar-refractivity contribution in [1.82, 2.24) is 4.98 Å². The van der Waals surface area contributed by atoms with Crippen LogP contribution in [0.1, 0.15) is 61.8 Å². The normalized spacial score (nSPS) is 16.7. The van der Waals surface area contributed by atoms with Gasteiger partial charge in [-0.2, -0.15) is 0 Å². The molecule has 1 heterocycles. The first-order valence-corrected chi connectivity index (χ1v) is 16.3. The van der Waals surface area contributed by atoms with Crippen molar-refractivity contribution in [2.75, 3.05) is 30.2 Å². The minimum Gasteiger partial charge on any atom is -0.494 e. The van der Waals surface area contributed by atoms with Gasteiger partial charge in [0.25, 0.3) is 0 Å². The maximum Gasteiger partial charge on any atom is 0.307 e. The second kappa shape index (κ2) is 12.8. The highest BCUT2D eigenvalue weighted by molar-refractivity contribution is 7.90. The lowest BCUT2D eigenvalue weighted by atomic mass is 9.94.